The predicted octanol–water partition coefficient (Wildman–Crippen LogP) is 1.99. The Morgan fingerprint density at radius 1 is 1.18 bits per heavy atom. The van der Waals surface area contributed by atoms with Gasteiger partial charge in [-0.25, -0.2) is 8.78 Å². The number of carbonyl (C=O) groups is 1. The van der Waals surface area contributed by atoms with Crippen molar-refractivity contribution < 1.29 is 13.6 Å². The zero-order valence-corrected chi connectivity index (χ0v) is 12.8. The van der Waals surface area contributed by atoms with Crippen LogP contribution in [0.3, 0.4) is 0 Å². The van der Waals surface area contributed by atoms with E-state index in [9.17, 15) is 13.6 Å². The predicted molar refractivity (Wildman–Crippen MR) is 81.6 cm³/mol. The van der Waals surface area contributed by atoms with Gasteiger partial charge in [-0.15, -0.1) is 0 Å². The molecule has 0 spiro atoms. The van der Waals surface area contributed by atoms with Crippen molar-refractivity contribution in [2.24, 2.45) is 0 Å². The number of alkyl halides is 2. The van der Waals surface area contributed by atoms with E-state index in [2.05, 4.69) is 10.2 Å². The Kier molecular flexibility index (Phi) is 4.23. The van der Waals surface area contributed by atoms with Crippen LogP contribution >= 0.6 is 11.6 Å². The summed E-state index contributed by atoms with van der Waals surface area (Å²) in [4.78, 5) is 16.1. The van der Waals surface area contributed by atoms with Crippen molar-refractivity contribution in [1.82, 2.24) is 10.2 Å². The van der Waals surface area contributed by atoms with Crippen LogP contribution in [-0.4, -0.2) is 55.5 Å². The Bertz CT molecular complexity index is 544. The molecule has 0 aromatic heterocycles. The largest absolute Gasteiger partial charge is 0.368 e. The highest BCUT2D eigenvalue weighted by Crippen LogP contribution is 2.26. The zero-order chi connectivity index (χ0) is 15.7. The molecule has 2 saturated heterocycles. The third kappa shape index (κ3) is 3.33. The van der Waals surface area contributed by atoms with Gasteiger partial charge in [0.1, 0.15) is 0 Å². The number of anilines is 1. The van der Waals surface area contributed by atoms with Gasteiger partial charge in [0.15, 0.2) is 0 Å². The van der Waals surface area contributed by atoms with E-state index in [0.29, 0.717) is 31.2 Å². The van der Waals surface area contributed by atoms with Gasteiger partial charge >= 0.3 is 0 Å². The van der Waals surface area contributed by atoms with Gasteiger partial charge in [-0.1, -0.05) is 11.6 Å². The SMILES string of the molecule is O=C(C1CC(F)(F)CN1)N1CCN(c2ccc(Cl)cc2)CC1. The Hall–Kier alpha value is -1.40. The van der Waals surface area contributed by atoms with Crippen LogP contribution in [0.4, 0.5) is 14.5 Å². The topological polar surface area (TPSA) is 35.6 Å². The molecule has 0 radical (unpaired) electrons. The molecule has 0 saturated carbocycles. The average molecular weight is 330 g/mol. The van der Waals surface area contributed by atoms with Gasteiger partial charge < -0.3 is 9.80 Å². The molecule has 0 aliphatic carbocycles. The first-order valence-corrected chi connectivity index (χ1v) is 7.73. The van der Waals surface area contributed by atoms with Gasteiger partial charge in [0.05, 0.1) is 12.6 Å². The third-order valence-corrected chi connectivity index (χ3v) is 4.44. The molecule has 1 amide bonds. The summed E-state index contributed by atoms with van der Waals surface area (Å²) in [5, 5.41) is 3.31. The number of piperazine rings is 1. The van der Waals surface area contributed by atoms with Crippen molar-refractivity contribution in [2.45, 2.75) is 18.4 Å². The van der Waals surface area contributed by atoms with E-state index in [4.69, 9.17) is 11.6 Å². The van der Waals surface area contributed by atoms with Crippen LogP contribution in [0.15, 0.2) is 24.3 Å². The molecule has 1 aromatic carbocycles. The lowest BCUT2D eigenvalue weighted by Crippen LogP contribution is -2.53. The van der Waals surface area contributed by atoms with Crippen LogP contribution in [0.25, 0.3) is 0 Å². The molecule has 22 heavy (non-hydrogen) atoms. The van der Waals surface area contributed by atoms with Crippen molar-refractivity contribution in [3.8, 4) is 0 Å². The molecule has 1 unspecified atom stereocenters. The standard InChI is InChI=1S/C15H18ClF2N3O/c16-11-1-3-12(4-2-11)20-5-7-21(8-6-20)14(22)13-9-15(17,18)10-19-13/h1-4,13,19H,5-10H2. The van der Waals surface area contributed by atoms with Gasteiger partial charge in [-0.05, 0) is 24.3 Å². The highest BCUT2D eigenvalue weighted by Gasteiger charge is 2.43. The molecule has 1 aromatic rings. The van der Waals surface area contributed by atoms with Gasteiger partial charge in [0.2, 0.25) is 5.91 Å². The van der Waals surface area contributed by atoms with Gasteiger partial charge in [0.25, 0.3) is 5.92 Å². The van der Waals surface area contributed by atoms with Crippen molar-refractivity contribution >= 4 is 23.2 Å². The fourth-order valence-electron chi connectivity index (χ4n) is 2.95. The van der Waals surface area contributed by atoms with Crippen molar-refractivity contribution in [3.05, 3.63) is 29.3 Å². The van der Waals surface area contributed by atoms with Crippen LogP contribution < -0.4 is 10.2 Å². The number of halogens is 3. The Morgan fingerprint density at radius 2 is 1.82 bits per heavy atom. The minimum Gasteiger partial charge on any atom is -0.368 e. The van der Waals surface area contributed by atoms with E-state index in [-0.39, 0.29) is 5.91 Å². The van der Waals surface area contributed by atoms with Crippen molar-refractivity contribution in [3.63, 3.8) is 0 Å². The molecule has 0 bridgehead atoms. The molecule has 2 aliphatic heterocycles. The monoisotopic (exact) mass is 329 g/mol. The molecule has 4 nitrogen and oxygen atoms in total. The van der Waals surface area contributed by atoms with Gasteiger partial charge in [-0.2, -0.15) is 0 Å². The van der Waals surface area contributed by atoms with Crippen LogP contribution in [0.2, 0.25) is 5.02 Å². The molecule has 2 fully saturated rings. The van der Waals surface area contributed by atoms with E-state index in [1.54, 1.807) is 4.90 Å². The van der Waals surface area contributed by atoms with E-state index in [0.717, 1.165) is 5.69 Å². The van der Waals surface area contributed by atoms with Crippen LogP contribution in [0.5, 0.6) is 0 Å². The highest BCUT2D eigenvalue weighted by molar-refractivity contribution is 6.30. The summed E-state index contributed by atoms with van der Waals surface area (Å²) in [6.45, 7) is 2.07. The minimum atomic E-state index is -2.77. The molecule has 2 heterocycles. The number of carbonyl (C=O) groups excluding carboxylic acids is 1. The van der Waals surface area contributed by atoms with Crippen LogP contribution in [0.1, 0.15) is 6.42 Å². The lowest BCUT2D eigenvalue weighted by atomic mass is 10.1. The maximum Gasteiger partial charge on any atom is 0.262 e. The van der Waals surface area contributed by atoms with E-state index >= 15 is 0 Å². The quantitative estimate of drug-likeness (QED) is 0.901. The van der Waals surface area contributed by atoms with Gasteiger partial charge in [0, 0.05) is 43.3 Å². The van der Waals surface area contributed by atoms with Gasteiger partial charge in [-0.3, -0.25) is 10.1 Å². The zero-order valence-electron chi connectivity index (χ0n) is 12.1. The molecule has 1 atom stereocenters. The lowest BCUT2D eigenvalue weighted by Gasteiger charge is -2.37. The maximum absolute atomic E-state index is 13.2. The summed E-state index contributed by atoms with van der Waals surface area (Å²) in [7, 11) is 0. The third-order valence-electron chi connectivity index (χ3n) is 4.19. The Morgan fingerprint density at radius 3 is 2.36 bits per heavy atom. The first-order valence-electron chi connectivity index (χ1n) is 7.35. The second kappa shape index (κ2) is 6.01. The first-order chi connectivity index (χ1) is 10.4. The Balaban J connectivity index is 1.55. The fraction of sp³-hybridized carbons (Fsp3) is 0.533. The number of amides is 1. The molecule has 1 N–H and O–H groups in total. The molecule has 2 aliphatic rings. The number of hydrogen-bond donors (Lipinski definition) is 1. The molecular formula is C15H18ClF2N3O. The van der Waals surface area contributed by atoms with Crippen LogP contribution in [0, 0.1) is 0 Å². The van der Waals surface area contributed by atoms with Crippen molar-refractivity contribution in [2.75, 3.05) is 37.6 Å². The maximum atomic E-state index is 13.2. The second-order valence-electron chi connectivity index (χ2n) is 5.78. The number of rotatable bonds is 2. The molecular weight excluding hydrogens is 312 g/mol. The number of nitrogens with zero attached hydrogens (tertiary/aromatic N) is 2. The lowest BCUT2D eigenvalue weighted by molar-refractivity contribution is -0.134. The summed E-state index contributed by atoms with van der Waals surface area (Å²) in [6, 6.07) is 6.80. The highest BCUT2D eigenvalue weighted by atomic mass is 35.5. The average Bonchev–Trinajstić information content (AvgIpc) is 2.88. The minimum absolute atomic E-state index is 0.215. The summed E-state index contributed by atoms with van der Waals surface area (Å²) >= 11 is 5.87. The summed E-state index contributed by atoms with van der Waals surface area (Å²) in [5.74, 6) is -2.99. The second-order valence-corrected chi connectivity index (χ2v) is 6.22. The van der Waals surface area contributed by atoms with E-state index in [1.165, 1.54) is 0 Å². The Labute approximate surface area is 133 Å². The normalized spacial score (nSPS) is 24.6. The smallest absolute Gasteiger partial charge is 0.262 e. The fourth-order valence-corrected chi connectivity index (χ4v) is 3.07. The molecule has 7 heteroatoms. The number of nitrogens with one attached hydrogen (secondary N) is 1. The van der Waals surface area contributed by atoms with Crippen LogP contribution in [-0.2, 0) is 4.79 Å². The van der Waals surface area contributed by atoms with E-state index in [1.807, 2.05) is 24.3 Å². The summed E-state index contributed by atoms with van der Waals surface area (Å²) in [5.41, 5.74) is 1.06. The molecule has 120 valence electrons. The number of benzene rings is 1. The van der Waals surface area contributed by atoms with E-state index < -0.39 is 24.9 Å². The van der Waals surface area contributed by atoms with Crippen molar-refractivity contribution in [1.29, 1.82) is 0 Å². The first kappa shape index (κ1) is 15.5. The summed E-state index contributed by atoms with van der Waals surface area (Å²) < 4.78 is 26.4. The number of hydrogen-bond acceptors (Lipinski definition) is 3. The summed E-state index contributed by atoms with van der Waals surface area (Å²) in [6.07, 6.45) is -0.400. The molecule has 3 rings (SSSR count).